The molecule has 1 aromatic carbocycles. The first-order valence-corrected chi connectivity index (χ1v) is 10.1. The molecule has 29 heavy (non-hydrogen) atoms. The number of esters is 1. The second kappa shape index (κ2) is 9.48. The van der Waals surface area contributed by atoms with Crippen molar-refractivity contribution in [2.45, 2.75) is 56.6 Å². The van der Waals surface area contributed by atoms with Gasteiger partial charge in [0.15, 0.2) is 5.38 Å². The monoisotopic (exact) mass is 424 g/mol. The standard InChI is InChI=1S/C21H29ClN2O5/c1-20(2,3)29-19(27)23-14-16(25)24(13-10-15-8-6-5-7-9-15)21(11-12-21)17(22)18(26)28-4/h5-9,17H,10-14H2,1-4H3,(H,23,27). The van der Waals surface area contributed by atoms with Crippen molar-refractivity contribution in [3.05, 3.63) is 35.9 Å². The van der Waals surface area contributed by atoms with Gasteiger partial charge in [-0.2, -0.15) is 0 Å². The van der Waals surface area contributed by atoms with Crippen LogP contribution >= 0.6 is 11.6 Å². The highest BCUT2D eigenvalue weighted by molar-refractivity contribution is 6.31. The van der Waals surface area contributed by atoms with Crippen LogP contribution in [-0.2, 0) is 25.5 Å². The summed E-state index contributed by atoms with van der Waals surface area (Å²) in [5, 5.41) is 1.52. The van der Waals surface area contributed by atoms with Crippen LogP contribution in [0.4, 0.5) is 4.79 Å². The minimum Gasteiger partial charge on any atom is -0.468 e. The maximum atomic E-state index is 13.0. The van der Waals surface area contributed by atoms with E-state index >= 15 is 0 Å². The lowest BCUT2D eigenvalue weighted by Gasteiger charge is -2.34. The minimum absolute atomic E-state index is 0.240. The fraction of sp³-hybridized carbons (Fsp3) is 0.571. The van der Waals surface area contributed by atoms with Crippen molar-refractivity contribution >= 4 is 29.6 Å². The summed E-state index contributed by atoms with van der Waals surface area (Å²) >= 11 is 6.38. The van der Waals surface area contributed by atoms with Gasteiger partial charge in [0.05, 0.1) is 12.6 Å². The smallest absolute Gasteiger partial charge is 0.408 e. The number of rotatable bonds is 8. The fourth-order valence-electron chi connectivity index (χ4n) is 3.15. The summed E-state index contributed by atoms with van der Waals surface area (Å²) in [5.74, 6) is -0.888. The summed E-state index contributed by atoms with van der Waals surface area (Å²) in [6.07, 6.45) is 1.13. The molecule has 160 valence electrons. The van der Waals surface area contributed by atoms with E-state index in [2.05, 4.69) is 5.32 Å². The Kier molecular flexibility index (Phi) is 7.52. The zero-order chi connectivity index (χ0) is 21.7. The first-order valence-electron chi connectivity index (χ1n) is 9.62. The number of halogens is 1. The van der Waals surface area contributed by atoms with Gasteiger partial charge in [0, 0.05) is 6.54 Å². The maximum Gasteiger partial charge on any atom is 0.408 e. The topological polar surface area (TPSA) is 84.9 Å². The molecule has 2 rings (SSSR count). The van der Waals surface area contributed by atoms with Crippen molar-refractivity contribution in [1.82, 2.24) is 10.2 Å². The molecule has 0 bridgehead atoms. The summed E-state index contributed by atoms with van der Waals surface area (Å²) in [6, 6.07) is 9.72. The summed E-state index contributed by atoms with van der Waals surface area (Å²) in [4.78, 5) is 38.5. The van der Waals surface area contributed by atoms with Gasteiger partial charge in [-0.3, -0.25) is 9.59 Å². The Labute approximate surface area is 176 Å². The minimum atomic E-state index is -0.964. The van der Waals surface area contributed by atoms with Crippen LogP contribution in [0.5, 0.6) is 0 Å². The normalized spacial score (nSPS) is 15.8. The molecule has 0 aromatic heterocycles. The van der Waals surface area contributed by atoms with E-state index in [1.54, 1.807) is 25.7 Å². The zero-order valence-electron chi connectivity index (χ0n) is 17.4. The Morgan fingerprint density at radius 2 is 1.83 bits per heavy atom. The van der Waals surface area contributed by atoms with Gasteiger partial charge in [0.1, 0.15) is 12.1 Å². The van der Waals surface area contributed by atoms with Crippen LogP contribution < -0.4 is 5.32 Å². The molecular formula is C21H29ClN2O5. The van der Waals surface area contributed by atoms with E-state index in [-0.39, 0.29) is 12.5 Å². The van der Waals surface area contributed by atoms with Gasteiger partial charge >= 0.3 is 12.1 Å². The Balaban J connectivity index is 2.10. The highest BCUT2D eigenvalue weighted by Crippen LogP contribution is 2.47. The average Bonchev–Trinajstić information content (AvgIpc) is 3.46. The van der Waals surface area contributed by atoms with Crippen LogP contribution in [0.1, 0.15) is 39.2 Å². The third-order valence-electron chi connectivity index (χ3n) is 4.73. The summed E-state index contributed by atoms with van der Waals surface area (Å²) in [5.41, 5.74) is -0.398. The highest BCUT2D eigenvalue weighted by Gasteiger charge is 2.58. The molecule has 1 aliphatic carbocycles. The highest BCUT2D eigenvalue weighted by atomic mass is 35.5. The molecule has 0 radical (unpaired) electrons. The molecule has 7 nitrogen and oxygen atoms in total. The van der Waals surface area contributed by atoms with Gasteiger partial charge in [-0.25, -0.2) is 4.79 Å². The number of benzene rings is 1. The van der Waals surface area contributed by atoms with Crippen molar-refractivity contribution < 1.29 is 23.9 Å². The van der Waals surface area contributed by atoms with Gasteiger partial charge in [-0.15, -0.1) is 11.6 Å². The van der Waals surface area contributed by atoms with Crippen LogP contribution in [-0.4, -0.2) is 59.6 Å². The number of alkyl carbamates (subject to hydrolysis) is 1. The molecule has 1 saturated carbocycles. The molecule has 2 amide bonds. The average molecular weight is 425 g/mol. The van der Waals surface area contributed by atoms with Crippen LogP contribution in [0.15, 0.2) is 30.3 Å². The molecule has 0 spiro atoms. The van der Waals surface area contributed by atoms with Crippen LogP contribution in [0, 0.1) is 0 Å². The number of carbonyl (C=O) groups is 3. The number of hydrogen-bond donors (Lipinski definition) is 1. The van der Waals surface area contributed by atoms with Crippen molar-refractivity contribution in [2.24, 2.45) is 0 Å². The molecule has 0 saturated heterocycles. The molecule has 1 unspecified atom stereocenters. The lowest BCUT2D eigenvalue weighted by atomic mass is 10.1. The number of carbonyl (C=O) groups excluding carboxylic acids is 3. The van der Waals surface area contributed by atoms with Crippen molar-refractivity contribution in [3.8, 4) is 0 Å². The predicted octanol–water partition coefficient (Wildman–Crippen LogP) is 2.90. The van der Waals surface area contributed by atoms with E-state index in [0.29, 0.717) is 25.8 Å². The number of amides is 2. The summed E-state index contributed by atoms with van der Waals surface area (Å²) in [7, 11) is 1.27. The van der Waals surface area contributed by atoms with E-state index in [1.165, 1.54) is 7.11 Å². The van der Waals surface area contributed by atoms with Gasteiger partial charge in [0.2, 0.25) is 5.91 Å². The zero-order valence-corrected chi connectivity index (χ0v) is 18.1. The van der Waals surface area contributed by atoms with Crippen molar-refractivity contribution in [2.75, 3.05) is 20.2 Å². The number of alkyl halides is 1. The molecule has 0 heterocycles. The van der Waals surface area contributed by atoms with E-state index in [9.17, 15) is 14.4 Å². The van der Waals surface area contributed by atoms with E-state index in [0.717, 1.165) is 5.56 Å². The Morgan fingerprint density at radius 1 is 1.21 bits per heavy atom. The van der Waals surface area contributed by atoms with Crippen LogP contribution in [0.25, 0.3) is 0 Å². The summed E-state index contributed by atoms with van der Waals surface area (Å²) < 4.78 is 9.97. The Bertz CT molecular complexity index is 728. The van der Waals surface area contributed by atoms with E-state index in [4.69, 9.17) is 21.1 Å². The molecule has 1 aromatic rings. The second-order valence-corrected chi connectivity index (χ2v) is 8.56. The SMILES string of the molecule is COC(=O)C(Cl)C1(N(CCc2ccccc2)C(=O)CNC(=O)OC(C)(C)C)CC1. The van der Waals surface area contributed by atoms with Gasteiger partial charge < -0.3 is 19.7 Å². The molecule has 0 aliphatic heterocycles. The molecule has 1 fully saturated rings. The van der Waals surface area contributed by atoms with Gasteiger partial charge in [-0.05, 0) is 45.6 Å². The first-order chi connectivity index (χ1) is 13.6. The lowest BCUT2D eigenvalue weighted by molar-refractivity contribution is -0.143. The predicted molar refractivity (Wildman–Crippen MR) is 110 cm³/mol. The van der Waals surface area contributed by atoms with Crippen LogP contribution in [0.2, 0.25) is 0 Å². The Morgan fingerprint density at radius 3 is 2.34 bits per heavy atom. The van der Waals surface area contributed by atoms with Crippen molar-refractivity contribution in [3.63, 3.8) is 0 Å². The third-order valence-corrected chi connectivity index (χ3v) is 5.31. The molecule has 1 aliphatic rings. The molecule has 1 N–H and O–H groups in total. The van der Waals surface area contributed by atoms with Crippen molar-refractivity contribution in [1.29, 1.82) is 0 Å². The number of methoxy groups -OCH3 is 1. The Hall–Kier alpha value is -2.28. The van der Waals surface area contributed by atoms with Gasteiger partial charge in [0.25, 0.3) is 0 Å². The fourth-order valence-corrected chi connectivity index (χ4v) is 3.57. The van der Waals surface area contributed by atoms with E-state index in [1.807, 2.05) is 30.3 Å². The van der Waals surface area contributed by atoms with E-state index < -0.39 is 28.6 Å². The summed E-state index contributed by atoms with van der Waals surface area (Å²) in [6.45, 7) is 5.37. The number of nitrogens with one attached hydrogen (secondary N) is 1. The van der Waals surface area contributed by atoms with Crippen LogP contribution in [0.3, 0.4) is 0 Å². The quantitative estimate of drug-likeness (QED) is 0.512. The molecular weight excluding hydrogens is 396 g/mol. The number of ether oxygens (including phenoxy) is 2. The number of hydrogen-bond acceptors (Lipinski definition) is 5. The van der Waals surface area contributed by atoms with Gasteiger partial charge in [-0.1, -0.05) is 30.3 Å². The second-order valence-electron chi connectivity index (χ2n) is 8.13. The lowest BCUT2D eigenvalue weighted by Crippen LogP contribution is -2.54. The maximum absolute atomic E-state index is 13.0. The molecule has 8 heteroatoms. The first kappa shape index (κ1) is 23.0. The molecule has 1 atom stereocenters. The third kappa shape index (κ3) is 6.35. The largest absolute Gasteiger partial charge is 0.468 e. The number of nitrogens with zero attached hydrogens (tertiary/aromatic N) is 1.